The fourth-order valence-electron chi connectivity index (χ4n) is 1.48. The molecule has 0 aromatic heterocycles. The first kappa shape index (κ1) is 10.9. The second kappa shape index (κ2) is 4.39. The first-order valence-electron chi connectivity index (χ1n) is 4.58. The number of carbonyl (C=O) groups is 1. The van der Waals surface area contributed by atoms with E-state index in [1.54, 1.807) is 6.08 Å². The van der Waals surface area contributed by atoms with Gasteiger partial charge < -0.3 is 15.3 Å². The molecule has 0 saturated heterocycles. The second-order valence-electron chi connectivity index (χ2n) is 3.31. The van der Waals surface area contributed by atoms with E-state index < -0.39 is 18.2 Å². The van der Waals surface area contributed by atoms with Gasteiger partial charge in [0.05, 0.1) is 5.57 Å². The molecular formula is C10H14O4. The van der Waals surface area contributed by atoms with E-state index in [1.807, 2.05) is 6.92 Å². The van der Waals surface area contributed by atoms with Crippen LogP contribution in [0.1, 0.15) is 19.8 Å². The Labute approximate surface area is 82.2 Å². The van der Waals surface area contributed by atoms with Gasteiger partial charge in [0.1, 0.15) is 12.2 Å². The average Bonchev–Trinajstić information content (AvgIpc) is 2.13. The van der Waals surface area contributed by atoms with Gasteiger partial charge in [0.25, 0.3) is 0 Å². The summed E-state index contributed by atoms with van der Waals surface area (Å²) in [5.74, 6) is -1.19. The first-order chi connectivity index (χ1) is 6.57. The molecule has 0 unspecified atom stereocenters. The molecule has 78 valence electrons. The van der Waals surface area contributed by atoms with E-state index in [4.69, 9.17) is 5.11 Å². The fraction of sp³-hybridized carbons (Fsp3) is 0.500. The van der Waals surface area contributed by atoms with Gasteiger partial charge in [-0.15, -0.1) is 0 Å². The lowest BCUT2D eigenvalue weighted by atomic mass is 9.90. The van der Waals surface area contributed by atoms with Crippen molar-refractivity contribution < 1.29 is 20.1 Å². The Morgan fingerprint density at radius 1 is 1.36 bits per heavy atom. The molecule has 0 fully saturated rings. The van der Waals surface area contributed by atoms with E-state index in [9.17, 15) is 15.0 Å². The van der Waals surface area contributed by atoms with Gasteiger partial charge in [0.2, 0.25) is 0 Å². The molecule has 4 nitrogen and oxygen atoms in total. The van der Waals surface area contributed by atoms with Gasteiger partial charge >= 0.3 is 5.97 Å². The van der Waals surface area contributed by atoms with Crippen LogP contribution in [0.25, 0.3) is 0 Å². The van der Waals surface area contributed by atoms with Crippen molar-refractivity contribution in [2.75, 3.05) is 0 Å². The summed E-state index contributed by atoms with van der Waals surface area (Å²) < 4.78 is 0. The standard InChI is InChI=1S/C10H14O4/c1-2-3-6-4-5-7(10(13)14)9(12)8(6)11/h4-5,8-9,11-12H,2-3H2,1H3,(H,13,14)/t8-,9+/m0/s1. The van der Waals surface area contributed by atoms with Crippen LogP contribution in [0, 0.1) is 0 Å². The number of aliphatic carboxylic acids is 1. The van der Waals surface area contributed by atoms with Crippen LogP contribution in [0.2, 0.25) is 0 Å². The molecule has 0 aromatic rings. The van der Waals surface area contributed by atoms with Gasteiger partial charge in [-0.3, -0.25) is 0 Å². The maximum atomic E-state index is 10.6. The van der Waals surface area contributed by atoms with Gasteiger partial charge in [0, 0.05) is 0 Å². The minimum absolute atomic E-state index is 0.155. The normalized spacial score (nSPS) is 26.8. The molecule has 1 rings (SSSR count). The van der Waals surface area contributed by atoms with Crippen molar-refractivity contribution in [2.24, 2.45) is 0 Å². The molecule has 3 N–H and O–H groups in total. The van der Waals surface area contributed by atoms with Gasteiger partial charge in [-0.05, 0) is 18.1 Å². The van der Waals surface area contributed by atoms with Crippen molar-refractivity contribution in [1.82, 2.24) is 0 Å². The molecule has 0 heterocycles. The Morgan fingerprint density at radius 2 is 2.00 bits per heavy atom. The lowest BCUT2D eigenvalue weighted by molar-refractivity contribution is -0.134. The van der Waals surface area contributed by atoms with Crippen LogP contribution >= 0.6 is 0 Å². The van der Waals surface area contributed by atoms with Crippen molar-refractivity contribution in [3.05, 3.63) is 23.3 Å². The molecule has 0 saturated carbocycles. The summed E-state index contributed by atoms with van der Waals surface area (Å²) in [6, 6.07) is 0. The third-order valence-electron chi connectivity index (χ3n) is 2.26. The molecule has 0 spiro atoms. The summed E-state index contributed by atoms with van der Waals surface area (Å²) >= 11 is 0. The molecule has 1 aliphatic rings. The predicted octanol–water partition coefficient (Wildman–Crippen LogP) is 0.459. The van der Waals surface area contributed by atoms with Crippen LogP contribution < -0.4 is 0 Å². The van der Waals surface area contributed by atoms with Crippen LogP contribution in [-0.4, -0.2) is 33.5 Å². The van der Waals surface area contributed by atoms with Crippen molar-refractivity contribution in [3.63, 3.8) is 0 Å². The van der Waals surface area contributed by atoms with Crippen LogP contribution in [0.15, 0.2) is 23.3 Å². The average molecular weight is 198 g/mol. The number of hydrogen-bond acceptors (Lipinski definition) is 3. The summed E-state index contributed by atoms with van der Waals surface area (Å²) in [5.41, 5.74) is 0.530. The Hall–Kier alpha value is -1.13. The van der Waals surface area contributed by atoms with E-state index in [-0.39, 0.29) is 5.57 Å². The number of allylic oxidation sites excluding steroid dienone is 2. The maximum Gasteiger partial charge on any atom is 0.334 e. The molecule has 0 bridgehead atoms. The quantitative estimate of drug-likeness (QED) is 0.615. The van der Waals surface area contributed by atoms with E-state index in [1.165, 1.54) is 6.08 Å². The SMILES string of the molecule is CCCC1=CC=C(C(=O)O)[C@@H](O)[C@H]1O. The molecule has 0 aliphatic heterocycles. The Bertz CT molecular complexity index is 290. The largest absolute Gasteiger partial charge is 0.478 e. The summed E-state index contributed by atoms with van der Waals surface area (Å²) in [4.78, 5) is 10.6. The number of aliphatic hydroxyl groups excluding tert-OH is 2. The molecule has 4 heteroatoms. The molecule has 0 amide bonds. The fourth-order valence-corrected chi connectivity index (χ4v) is 1.48. The monoisotopic (exact) mass is 198 g/mol. The molecule has 2 atom stereocenters. The van der Waals surface area contributed by atoms with Gasteiger partial charge in [0.15, 0.2) is 0 Å². The van der Waals surface area contributed by atoms with E-state index in [0.717, 1.165) is 6.42 Å². The maximum absolute atomic E-state index is 10.6. The van der Waals surface area contributed by atoms with E-state index in [0.29, 0.717) is 12.0 Å². The van der Waals surface area contributed by atoms with Gasteiger partial charge in [-0.1, -0.05) is 19.4 Å². The molecule has 1 aliphatic carbocycles. The highest BCUT2D eigenvalue weighted by molar-refractivity contribution is 5.88. The Balaban J connectivity index is 2.90. The second-order valence-corrected chi connectivity index (χ2v) is 3.31. The highest BCUT2D eigenvalue weighted by Gasteiger charge is 2.29. The zero-order chi connectivity index (χ0) is 10.7. The van der Waals surface area contributed by atoms with Crippen LogP contribution in [0.4, 0.5) is 0 Å². The summed E-state index contributed by atoms with van der Waals surface area (Å²) in [7, 11) is 0. The Morgan fingerprint density at radius 3 is 2.50 bits per heavy atom. The van der Waals surface area contributed by atoms with Crippen molar-refractivity contribution >= 4 is 5.97 Å². The summed E-state index contributed by atoms with van der Waals surface area (Å²) in [6.07, 6.45) is 2.06. The third-order valence-corrected chi connectivity index (χ3v) is 2.26. The zero-order valence-electron chi connectivity index (χ0n) is 7.97. The smallest absolute Gasteiger partial charge is 0.334 e. The van der Waals surface area contributed by atoms with Crippen molar-refractivity contribution in [2.45, 2.75) is 32.0 Å². The highest BCUT2D eigenvalue weighted by atomic mass is 16.4. The number of carboxylic acid groups (broad SMARTS) is 1. The lowest BCUT2D eigenvalue weighted by Gasteiger charge is -2.24. The Kier molecular flexibility index (Phi) is 3.43. The molecule has 0 aromatic carbocycles. The zero-order valence-corrected chi connectivity index (χ0v) is 7.97. The van der Waals surface area contributed by atoms with Crippen LogP contribution in [0.3, 0.4) is 0 Å². The van der Waals surface area contributed by atoms with Crippen LogP contribution in [0.5, 0.6) is 0 Å². The molecular weight excluding hydrogens is 184 g/mol. The topological polar surface area (TPSA) is 77.8 Å². The minimum atomic E-state index is -1.31. The minimum Gasteiger partial charge on any atom is -0.478 e. The number of carboxylic acids is 1. The summed E-state index contributed by atoms with van der Waals surface area (Å²) in [5, 5.41) is 27.7. The first-order valence-corrected chi connectivity index (χ1v) is 4.58. The summed E-state index contributed by atoms with van der Waals surface area (Å²) in [6.45, 7) is 1.95. The molecule has 14 heavy (non-hydrogen) atoms. The van der Waals surface area contributed by atoms with Crippen molar-refractivity contribution in [3.8, 4) is 0 Å². The van der Waals surface area contributed by atoms with Crippen LogP contribution in [-0.2, 0) is 4.79 Å². The van der Waals surface area contributed by atoms with Gasteiger partial charge in [-0.25, -0.2) is 4.79 Å². The third kappa shape index (κ3) is 2.02. The van der Waals surface area contributed by atoms with E-state index >= 15 is 0 Å². The van der Waals surface area contributed by atoms with E-state index in [2.05, 4.69) is 0 Å². The lowest BCUT2D eigenvalue weighted by Crippen LogP contribution is -2.34. The van der Waals surface area contributed by atoms with Crippen molar-refractivity contribution in [1.29, 1.82) is 0 Å². The number of hydrogen-bond donors (Lipinski definition) is 3. The number of rotatable bonds is 3. The number of aliphatic hydroxyl groups is 2. The van der Waals surface area contributed by atoms with Gasteiger partial charge in [-0.2, -0.15) is 0 Å². The highest BCUT2D eigenvalue weighted by Crippen LogP contribution is 2.23. The molecule has 0 radical (unpaired) electrons. The predicted molar refractivity (Wildman–Crippen MR) is 50.7 cm³/mol.